The molecule has 0 amide bonds. The Labute approximate surface area is 89.2 Å². The summed E-state index contributed by atoms with van der Waals surface area (Å²) in [5, 5.41) is 18.3. The van der Waals surface area contributed by atoms with Crippen molar-refractivity contribution in [2.24, 2.45) is 5.41 Å². The number of aryl methyl sites for hydroxylation is 1. The van der Waals surface area contributed by atoms with Crippen LogP contribution >= 0.6 is 0 Å². The topological polar surface area (TPSA) is 56.6 Å². The van der Waals surface area contributed by atoms with Crippen LogP contribution in [0.1, 0.15) is 5.56 Å². The number of aliphatic hydroxyl groups is 2. The first-order valence-corrected chi connectivity index (χ1v) is 5.08. The molecule has 0 atom stereocenters. The van der Waals surface area contributed by atoms with E-state index in [9.17, 15) is 0 Å². The summed E-state index contributed by atoms with van der Waals surface area (Å²) in [7, 11) is 0. The van der Waals surface area contributed by atoms with Gasteiger partial charge in [-0.25, -0.2) is 4.98 Å². The Balaban J connectivity index is 2.02. The number of pyridine rings is 1. The molecule has 82 valence electrons. The van der Waals surface area contributed by atoms with Gasteiger partial charge in [0, 0.05) is 19.3 Å². The second kappa shape index (κ2) is 3.79. The number of aliphatic hydroxyl groups excluding tert-OH is 2. The number of hydrogen-bond acceptors (Lipinski definition) is 4. The maximum absolute atomic E-state index is 9.14. The summed E-state index contributed by atoms with van der Waals surface area (Å²) in [6.45, 7) is 3.42. The van der Waals surface area contributed by atoms with Gasteiger partial charge in [-0.2, -0.15) is 0 Å². The minimum absolute atomic E-state index is 0.0336. The highest BCUT2D eigenvalue weighted by molar-refractivity contribution is 5.43. The second-order valence-corrected chi connectivity index (χ2v) is 4.37. The molecule has 0 unspecified atom stereocenters. The summed E-state index contributed by atoms with van der Waals surface area (Å²) < 4.78 is 0. The molecule has 1 aliphatic heterocycles. The van der Waals surface area contributed by atoms with Gasteiger partial charge in [0.25, 0.3) is 0 Å². The van der Waals surface area contributed by atoms with E-state index in [1.807, 2.05) is 25.3 Å². The van der Waals surface area contributed by atoms with Gasteiger partial charge in [0.1, 0.15) is 5.82 Å². The van der Waals surface area contributed by atoms with Gasteiger partial charge in [-0.3, -0.25) is 0 Å². The molecule has 1 fully saturated rings. The molecular weight excluding hydrogens is 192 g/mol. The average Bonchev–Trinajstić information content (AvgIpc) is 2.20. The fourth-order valence-corrected chi connectivity index (χ4v) is 1.82. The van der Waals surface area contributed by atoms with Crippen LogP contribution in [0, 0.1) is 12.3 Å². The summed E-state index contributed by atoms with van der Waals surface area (Å²) in [4.78, 5) is 6.36. The Morgan fingerprint density at radius 2 is 2.00 bits per heavy atom. The molecule has 1 aromatic heterocycles. The van der Waals surface area contributed by atoms with Crippen molar-refractivity contribution >= 4 is 5.82 Å². The third-order valence-electron chi connectivity index (χ3n) is 2.94. The minimum Gasteiger partial charge on any atom is -0.396 e. The fourth-order valence-electron chi connectivity index (χ4n) is 1.82. The van der Waals surface area contributed by atoms with Crippen LogP contribution in [0.4, 0.5) is 5.82 Å². The number of hydrogen-bond donors (Lipinski definition) is 2. The first-order valence-electron chi connectivity index (χ1n) is 5.08. The third-order valence-corrected chi connectivity index (χ3v) is 2.94. The predicted molar refractivity (Wildman–Crippen MR) is 57.8 cm³/mol. The third kappa shape index (κ3) is 1.82. The molecule has 4 heteroatoms. The van der Waals surface area contributed by atoms with Gasteiger partial charge in [-0.15, -0.1) is 0 Å². The molecule has 2 heterocycles. The molecule has 0 radical (unpaired) electrons. The van der Waals surface area contributed by atoms with Crippen LogP contribution in [0.3, 0.4) is 0 Å². The van der Waals surface area contributed by atoms with Crippen LogP contribution in [-0.4, -0.2) is 41.5 Å². The van der Waals surface area contributed by atoms with E-state index < -0.39 is 0 Å². The molecule has 0 saturated carbocycles. The van der Waals surface area contributed by atoms with Crippen LogP contribution in [0.15, 0.2) is 18.3 Å². The Hall–Kier alpha value is -1.13. The largest absolute Gasteiger partial charge is 0.396 e. The number of aromatic nitrogens is 1. The Kier molecular flexibility index (Phi) is 2.63. The van der Waals surface area contributed by atoms with E-state index in [1.54, 1.807) is 0 Å². The van der Waals surface area contributed by atoms with E-state index in [-0.39, 0.29) is 18.6 Å². The second-order valence-electron chi connectivity index (χ2n) is 4.37. The van der Waals surface area contributed by atoms with E-state index in [2.05, 4.69) is 9.88 Å². The zero-order valence-electron chi connectivity index (χ0n) is 8.85. The van der Waals surface area contributed by atoms with Gasteiger partial charge in [0.15, 0.2) is 0 Å². The van der Waals surface area contributed by atoms with Gasteiger partial charge in [0.05, 0.1) is 18.6 Å². The first-order chi connectivity index (χ1) is 7.19. The average molecular weight is 208 g/mol. The highest BCUT2D eigenvalue weighted by Crippen LogP contribution is 2.32. The normalized spacial score (nSPS) is 18.7. The van der Waals surface area contributed by atoms with E-state index in [4.69, 9.17) is 10.2 Å². The van der Waals surface area contributed by atoms with E-state index >= 15 is 0 Å². The van der Waals surface area contributed by atoms with Crippen molar-refractivity contribution in [1.29, 1.82) is 0 Å². The smallest absolute Gasteiger partial charge is 0.128 e. The lowest BCUT2D eigenvalue weighted by atomic mass is 9.81. The van der Waals surface area contributed by atoms with Crippen LogP contribution in [0.25, 0.3) is 0 Å². The zero-order valence-corrected chi connectivity index (χ0v) is 8.85. The summed E-state index contributed by atoms with van der Waals surface area (Å²) >= 11 is 0. The molecule has 1 aliphatic rings. The van der Waals surface area contributed by atoms with Gasteiger partial charge < -0.3 is 15.1 Å². The van der Waals surface area contributed by atoms with E-state index in [0.717, 1.165) is 11.4 Å². The van der Waals surface area contributed by atoms with Crippen LogP contribution in [0.2, 0.25) is 0 Å². The zero-order chi connectivity index (χ0) is 10.9. The maximum atomic E-state index is 9.14. The molecule has 4 nitrogen and oxygen atoms in total. The fraction of sp³-hybridized carbons (Fsp3) is 0.545. The summed E-state index contributed by atoms with van der Waals surface area (Å²) in [5.41, 5.74) is 0.807. The summed E-state index contributed by atoms with van der Waals surface area (Å²) in [6, 6.07) is 3.98. The van der Waals surface area contributed by atoms with Crippen LogP contribution < -0.4 is 4.90 Å². The number of anilines is 1. The molecule has 1 aromatic rings. The first kappa shape index (κ1) is 10.4. The molecule has 2 rings (SSSR count). The summed E-state index contributed by atoms with van der Waals surface area (Å²) in [5.74, 6) is 0.915. The van der Waals surface area contributed by atoms with Crippen molar-refractivity contribution < 1.29 is 10.2 Å². The molecule has 15 heavy (non-hydrogen) atoms. The molecule has 0 aliphatic carbocycles. The Bertz CT molecular complexity index is 325. The molecular formula is C11H16N2O2. The van der Waals surface area contributed by atoms with Crippen molar-refractivity contribution in [3.05, 3.63) is 23.9 Å². The van der Waals surface area contributed by atoms with Crippen molar-refractivity contribution in [2.75, 3.05) is 31.2 Å². The molecule has 1 saturated heterocycles. The maximum Gasteiger partial charge on any atom is 0.128 e. The van der Waals surface area contributed by atoms with Gasteiger partial charge in [-0.1, -0.05) is 6.07 Å². The molecule has 0 spiro atoms. The van der Waals surface area contributed by atoms with Crippen LogP contribution in [0.5, 0.6) is 0 Å². The van der Waals surface area contributed by atoms with Gasteiger partial charge in [0.2, 0.25) is 0 Å². The van der Waals surface area contributed by atoms with E-state index in [0.29, 0.717) is 13.1 Å². The Morgan fingerprint density at radius 3 is 2.47 bits per heavy atom. The highest BCUT2D eigenvalue weighted by atomic mass is 16.3. The van der Waals surface area contributed by atoms with Crippen molar-refractivity contribution in [3.63, 3.8) is 0 Å². The lowest BCUT2D eigenvalue weighted by molar-refractivity contribution is 0.0302. The van der Waals surface area contributed by atoms with Crippen molar-refractivity contribution in [1.82, 2.24) is 4.98 Å². The Morgan fingerprint density at radius 1 is 1.33 bits per heavy atom. The summed E-state index contributed by atoms with van der Waals surface area (Å²) in [6.07, 6.45) is 1.83. The highest BCUT2D eigenvalue weighted by Gasteiger charge is 2.42. The lowest BCUT2D eigenvalue weighted by Gasteiger charge is -2.48. The predicted octanol–water partition coefficient (Wildman–Crippen LogP) is 0.181. The number of rotatable bonds is 3. The van der Waals surface area contributed by atoms with Crippen LogP contribution in [-0.2, 0) is 0 Å². The SMILES string of the molecule is Cc1ccc(N2CC(CO)(CO)C2)nc1. The minimum atomic E-state index is -0.327. The quantitative estimate of drug-likeness (QED) is 0.744. The number of nitrogens with zero attached hydrogens (tertiary/aromatic N) is 2. The monoisotopic (exact) mass is 208 g/mol. The van der Waals surface area contributed by atoms with Crippen molar-refractivity contribution in [2.45, 2.75) is 6.92 Å². The van der Waals surface area contributed by atoms with E-state index in [1.165, 1.54) is 0 Å². The van der Waals surface area contributed by atoms with Crippen molar-refractivity contribution in [3.8, 4) is 0 Å². The lowest BCUT2D eigenvalue weighted by Crippen LogP contribution is -2.60. The molecule has 0 aromatic carbocycles. The van der Waals surface area contributed by atoms with Gasteiger partial charge in [-0.05, 0) is 18.6 Å². The molecule has 2 N–H and O–H groups in total. The van der Waals surface area contributed by atoms with Gasteiger partial charge >= 0.3 is 0 Å². The molecule has 0 bridgehead atoms. The standard InChI is InChI=1S/C11H16N2O2/c1-9-2-3-10(12-4-9)13-5-11(6-13,7-14)8-15/h2-4,14-15H,5-8H2,1H3.